The molecule has 0 aliphatic carbocycles. The van der Waals surface area contributed by atoms with Gasteiger partial charge in [-0.15, -0.1) is 0 Å². The van der Waals surface area contributed by atoms with Crippen molar-refractivity contribution in [2.75, 3.05) is 18.0 Å². The van der Waals surface area contributed by atoms with Crippen LogP contribution in [-0.2, 0) is 5.72 Å². The van der Waals surface area contributed by atoms with Gasteiger partial charge in [0.05, 0.1) is 6.54 Å². The van der Waals surface area contributed by atoms with Gasteiger partial charge in [0.25, 0.3) is 11.6 Å². The summed E-state index contributed by atoms with van der Waals surface area (Å²) in [5.41, 5.74) is 0.692. The van der Waals surface area contributed by atoms with Gasteiger partial charge < -0.3 is 22.1 Å². The zero-order chi connectivity index (χ0) is 16.7. The van der Waals surface area contributed by atoms with E-state index in [0.29, 0.717) is 6.54 Å². The maximum absolute atomic E-state index is 13.3. The van der Waals surface area contributed by atoms with Gasteiger partial charge in [-0.3, -0.25) is 0 Å². The Kier molecular flexibility index (Phi) is 5.32. The van der Waals surface area contributed by atoms with E-state index in [9.17, 15) is 9.50 Å². The fraction of sp³-hybridized carbons (Fsp3) is 0.316. The lowest BCUT2D eigenvalue weighted by molar-refractivity contribution is -0.661. The van der Waals surface area contributed by atoms with Crippen molar-refractivity contribution in [2.45, 2.75) is 25.0 Å². The van der Waals surface area contributed by atoms with Crippen LogP contribution in [0.4, 0.5) is 10.1 Å². The van der Waals surface area contributed by atoms with E-state index in [-0.39, 0.29) is 22.8 Å². The molecule has 2 aromatic rings. The molecular formula is C19H19Br2FN2O. The Bertz CT molecular complexity index is 792. The summed E-state index contributed by atoms with van der Waals surface area (Å²) in [7, 11) is 0. The highest BCUT2D eigenvalue weighted by molar-refractivity contribution is 9.10. The molecule has 1 atom stereocenters. The Balaban J connectivity index is 0.00000182. The van der Waals surface area contributed by atoms with Crippen molar-refractivity contribution in [3.8, 4) is 0 Å². The van der Waals surface area contributed by atoms with Crippen molar-refractivity contribution in [1.82, 2.24) is 0 Å². The molecule has 2 aromatic carbocycles. The van der Waals surface area contributed by atoms with Gasteiger partial charge in [-0.2, -0.15) is 0 Å². The third-order valence-corrected chi connectivity index (χ3v) is 5.45. The number of hydrogen-bond acceptors (Lipinski definition) is 2. The Labute approximate surface area is 165 Å². The lowest BCUT2D eigenvalue weighted by Crippen LogP contribution is -3.00. The second kappa shape index (κ2) is 7.17. The molecule has 4 rings (SSSR count). The Morgan fingerprint density at radius 1 is 1.04 bits per heavy atom. The van der Waals surface area contributed by atoms with Crippen molar-refractivity contribution in [1.29, 1.82) is 0 Å². The topological polar surface area (TPSA) is 26.5 Å². The minimum absolute atomic E-state index is 0. The minimum atomic E-state index is -1.11. The van der Waals surface area contributed by atoms with Crippen LogP contribution in [-0.4, -0.2) is 28.6 Å². The number of aliphatic hydroxyl groups is 1. The standard InChI is InChI=1S/C19H19BrFN2O.BrH/c20-15-6-10-17(11-7-15)22-13-19(24,14-4-8-16(21)9-5-14)23-12-2-1-3-18(22)23;/h4-11,24H,1-3,12-13H2;1H/q+1;/p-1. The Hall–Kier alpha value is -1.24. The van der Waals surface area contributed by atoms with Crippen molar-refractivity contribution in [3.05, 3.63) is 64.4 Å². The first-order valence-corrected chi connectivity index (χ1v) is 9.02. The van der Waals surface area contributed by atoms with E-state index in [1.165, 1.54) is 12.1 Å². The molecular weight excluding hydrogens is 451 g/mol. The van der Waals surface area contributed by atoms with Gasteiger partial charge in [-0.25, -0.2) is 13.9 Å². The molecule has 0 fully saturated rings. The summed E-state index contributed by atoms with van der Waals surface area (Å²) in [5.74, 6) is 0.864. The number of rotatable bonds is 2. The maximum Gasteiger partial charge on any atom is 0.271 e. The third-order valence-electron chi connectivity index (χ3n) is 4.93. The second-order valence-corrected chi connectivity index (χ2v) is 7.33. The lowest BCUT2D eigenvalue weighted by Gasteiger charge is -2.24. The second-order valence-electron chi connectivity index (χ2n) is 6.41. The van der Waals surface area contributed by atoms with Crippen LogP contribution in [0.1, 0.15) is 24.8 Å². The Morgan fingerprint density at radius 3 is 2.40 bits per heavy atom. The first-order chi connectivity index (χ1) is 11.6. The molecule has 1 N–H and O–H groups in total. The van der Waals surface area contributed by atoms with Gasteiger partial charge in [0.15, 0.2) is 6.54 Å². The van der Waals surface area contributed by atoms with E-state index in [1.54, 1.807) is 12.1 Å². The molecule has 0 saturated heterocycles. The number of hydrogen-bond donors (Lipinski definition) is 1. The van der Waals surface area contributed by atoms with Crippen molar-refractivity contribution < 1.29 is 31.1 Å². The number of β-amino-alcohol motifs (C(OH)–C–C–N with tert-alkyl or cyclic N) is 1. The molecule has 3 nitrogen and oxygen atoms in total. The Morgan fingerprint density at radius 2 is 1.72 bits per heavy atom. The predicted molar refractivity (Wildman–Crippen MR) is 95.8 cm³/mol. The first kappa shape index (κ1) is 18.5. The van der Waals surface area contributed by atoms with Gasteiger partial charge in [0.1, 0.15) is 11.5 Å². The quantitative estimate of drug-likeness (QED) is 0.660. The average molecular weight is 470 g/mol. The van der Waals surface area contributed by atoms with Crippen LogP contribution in [0.5, 0.6) is 0 Å². The summed E-state index contributed by atoms with van der Waals surface area (Å²) in [6, 6.07) is 14.3. The van der Waals surface area contributed by atoms with Gasteiger partial charge in [0, 0.05) is 16.5 Å². The molecule has 0 amide bonds. The zero-order valence-corrected chi connectivity index (χ0v) is 16.8. The highest BCUT2D eigenvalue weighted by atomic mass is 79.9. The SMILES string of the molecule is OC1(c2ccc(F)cc2)CN(c2ccc(Br)cc2)C2=[N+]1CCCC2.[Br-]. The van der Waals surface area contributed by atoms with Crippen LogP contribution in [0, 0.1) is 5.82 Å². The summed E-state index contributed by atoms with van der Waals surface area (Å²) < 4.78 is 16.4. The summed E-state index contributed by atoms with van der Waals surface area (Å²) in [5, 5.41) is 11.5. The summed E-state index contributed by atoms with van der Waals surface area (Å²) in [6.07, 6.45) is 3.12. The minimum Gasteiger partial charge on any atom is -1.00 e. The van der Waals surface area contributed by atoms with Crippen molar-refractivity contribution in [2.24, 2.45) is 0 Å². The number of anilines is 1. The average Bonchev–Trinajstić information content (AvgIpc) is 2.91. The van der Waals surface area contributed by atoms with Gasteiger partial charge in [-0.1, -0.05) is 15.9 Å². The fourth-order valence-electron chi connectivity index (χ4n) is 3.72. The number of halogens is 3. The van der Waals surface area contributed by atoms with Gasteiger partial charge in [0.2, 0.25) is 0 Å². The number of amidine groups is 1. The molecule has 25 heavy (non-hydrogen) atoms. The summed E-state index contributed by atoms with van der Waals surface area (Å²) >= 11 is 3.47. The maximum atomic E-state index is 13.3. The van der Waals surface area contributed by atoms with E-state index in [1.807, 2.05) is 12.1 Å². The lowest BCUT2D eigenvalue weighted by atomic mass is 10.0. The molecule has 0 spiro atoms. The van der Waals surface area contributed by atoms with Crippen LogP contribution in [0.2, 0.25) is 0 Å². The predicted octanol–water partition coefficient (Wildman–Crippen LogP) is 0.852. The molecule has 0 radical (unpaired) electrons. The molecule has 0 aromatic heterocycles. The van der Waals surface area contributed by atoms with Crippen LogP contribution in [0.3, 0.4) is 0 Å². The van der Waals surface area contributed by atoms with Crippen molar-refractivity contribution in [3.63, 3.8) is 0 Å². The van der Waals surface area contributed by atoms with Crippen LogP contribution < -0.4 is 21.9 Å². The van der Waals surface area contributed by atoms with E-state index in [0.717, 1.165) is 47.4 Å². The van der Waals surface area contributed by atoms with E-state index in [2.05, 4.69) is 37.5 Å². The number of benzene rings is 2. The highest BCUT2D eigenvalue weighted by Crippen LogP contribution is 2.36. The molecule has 2 heterocycles. The van der Waals surface area contributed by atoms with Crippen molar-refractivity contribution >= 4 is 27.5 Å². The van der Waals surface area contributed by atoms with Gasteiger partial charge in [-0.05, 0) is 61.4 Å². The molecule has 132 valence electrons. The fourth-order valence-corrected chi connectivity index (χ4v) is 3.98. The van der Waals surface area contributed by atoms with Crippen LogP contribution in [0.15, 0.2) is 53.0 Å². The summed E-state index contributed by atoms with van der Waals surface area (Å²) in [4.78, 5) is 2.19. The number of nitrogens with zero attached hydrogens (tertiary/aromatic N) is 2. The summed E-state index contributed by atoms with van der Waals surface area (Å²) in [6.45, 7) is 1.27. The largest absolute Gasteiger partial charge is 1.00 e. The third kappa shape index (κ3) is 3.27. The molecule has 1 unspecified atom stereocenters. The monoisotopic (exact) mass is 468 g/mol. The molecule has 2 aliphatic rings. The molecule has 0 bridgehead atoms. The van der Waals surface area contributed by atoms with E-state index >= 15 is 0 Å². The smallest absolute Gasteiger partial charge is 0.271 e. The normalized spacial score (nSPS) is 22.6. The molecule has 2 aliphatic heterocycles. The van der Waals surface area contributed by atoms with Crippen LogP contribution in [0.25, 0.3) is 0 Å². The first-order valence-electron chi connectivity index (χ1n) is 8.23. The highest BCUT2D eigenvalue weighted by Gasteiger charge is 2.52. The molecule has 0 saturated carbocycles. The van der Waals surface area contributed by atoms with E-state index in [4.69, 9.17) is 0 Å². The van der Waals surface area contributed by atoms with Gasteiger partial charge >= 0.3 is 0 Å². The van der Waals surface area contributed by atoms with E-state index < -0.39 is 5.72 Å². The zero-order valence-electron chi connectivity index (χ0n) is 13.6. The molecule has 6 heteroatoms. The van der Waals surface area contributed by atoms with Crippen LogP contribution >= 0.6 is 15.9 Å².